The summed E-state index contributed by atoms with van der Waals surface area (Å²) in [7, 11) is 1.82. The van der Waals surface area contributed by atoms with Crippen LogP contribution in [-0.4, -0.2) is 63.8 Å². The Balaban J connectivity index is 0.00000288. The first kappa shape index (κ1) is 21.7. The van der Waals surface area contributed by atoms with Crippen LogP contribution in [0.5, 0.6) is 0 Å². The summed E-state index contributed by atoms with van der Waals surface area (Å²) in [6.45, 7) is 6.61. The minimum Gasteiger partial charge on any atom is -0.379 e. The Morgan fingerprint density at radius 2 is 2.00 bits per heavy atom. The summed E-state index contributed by atoms with van der Waals surface area (Å²) in [4.78, 5) is 6.69. The molecule has 0 unspecified atom stereocenters. The van der Waals surface area contributed by atoms with Gasteiger partial charge in [-0.2, -0.15) is 0 Å². The van der Waals surface area contributed by atoms with E-state index in [1.807, 2.05) is 7.05 Å². The van der Waals surface area contributed by atoms with Gasteiger partial charge in [-0.3, -0.25) is 9.89 Å². The maximum absolute atomic E-state index is 5.36. The monoisotopic (exact) mass is 510 g/mol. The quantitative estimate of drug-likeness (QED) is 0.256. The van der Waals surface area contributed by atoms with E-state index in [1.54, 1.807) is 0 Å². The number of hydrogen-bond acceptors (Lipinski definition) is 3. The molecule has 1 aliphatic heterocycles. The number of guanidine groups is 1. The molecule has 24 heavy (non-hydrogen) atoms. The predicted molar refractivity (Wildman–Crippen MR) is 115 cm³/mol. The molecule has 5 nitrogen and oxygen atoms in total. The van der Waals surface area contributed by atoms with Crippen molar-refractivity contribution in [2.75, 3.05) is 53.0 Å². The summed E-state index contributed by atoms with van der Waals surface area (Å²) in [6.07, 6.45) is 2.15. The Labute approximate surface area is 170 Å². The van der Waals surface area contributed by atoms with E-state index in [2.05, 4.69) is 60.7 Å². The van der Waals surface area contributed by atoms with Crippen LogP contribution in [0.25, 0.3) is 0 Å². The van der Waals surface area contributed by atoms with Crippen molar-refractivity contribution in [1.82, 2.24) is 15.5 Å². The van der Waals surface area contributed by atoms with Crippen LogP contribution in [-0.2, 0) is 11.2 Å². The molecular weight excluding hydrogens is 483 g/mol. The molecule has 2 rings (SSSR count). The molecular formula is C17H28BrIN4O. The Kier molecular flexibility index (Phi) is 11.7. The van der Waals surface area contributed by atoms with Gasteiger partial charge in [0.05, 0.1) is 13.2 Å². The fourth-order valence-corrected chi connectivity index (χ4v) is 3.02. The second-order valence-corrected chi connectivity index (χ2v) is 6.53. The summed E-state index contributed by atoms with van der Waals surface area (Å²) < 4.78 is 6.50. The number of halogens is 2. The zero-order chi connectivity index (χ0) is 16.3. The van der Waals surface area contributed by atoms with E-state index in [0.29, 0.717) is 0 Å². The van der Waals surface area contributed by atoms with Crippen LogP contribution < -0.4 is 10.6 Å². The highest BCUT2D eigenvalue weighted by molar-refractivity contribution is 14.0. The fraction of sp³-hybridized carbons (Fsp3) is 0.588. The average Bonchev–Trinajstić information content (AvgIpc) is 2.58. The number of rotatable bonds is 7. The van der Waals surface area contributed by atoms with E-state index in [-0.39, 0.29) is 24.0 Å². The van der Waals surface area contributed by atoms with Crippen molar-refractivity contribution in [3.63, 3.8) is 0 Å². The van der Waals surface area contributed by atoms with Gasteiger partial charge in [0.15, 0.2) is 5.96 Å². The van der Waals surface area contributed by atoms with Gasteiger partial charge >= 0.3 is 0 Å². The van der Waals surface area contributed by atoms with Crippen molar-refractivity contribution < 1.29 is 4.74 Å². The Morgan fingerprint density at radius 1 is 1.25 bits per heavy atom. The number of morpholine rings is 1. The SMILES string of the molecule is CN=C(NCCCc1cccc(Br)c1)NCCN1CCOCC1.I. The first-order valence-electron chi connectivity index (χ1n) is 8.27. The van der Waals surface area contributed by atoms with Crippen molar-refractivity contribution in [3.05, 3.63) is 34.3 Å². The predicted octanol–water partition coefficient (Wildman–Crippen LogP) is 2.50. The summed E-state index contributed by atoms with van der Waals surface area (Å²) in [5.41, 5.74) is 1.36. The maximum Gasteiger partial charge on any atom is 0.191 e. The van der Waals surface area contributed by atoms with Gasteiger partial charge in [-0.25, -0.2) is 0 Å². The third-order valence-electron chi connectivity index (χ3n) is 3.87. The molecule has 1 saturated heterocycles. The van der Waals surface area contributed by atoms with Crippen molar-refractivity contribution in [3.8, 4) is 0 Å². The lowest BCUT2D eigenvalue weighted by atomic mass is 10.1. The average molecular weight is 511 g/mol. The molecule has 1 aliphatic rings. The van der Waals surface area contributed by atoms with Crippen molar-refractivity contribution in [1.29, 1.82) is 0 Å². The van der Waals surface area contributed by atoms with Gasteiger partial charge in [-0.1, -0.05) is 28.1 Å². The van der Waals surface area contributed by atoms with Gasteiger partial charge in [-0.05, 0) is 30.5 Å². The zero-order valence-corrected chi connectivity index (χ0v) is 18.2. The molecule has 0 bridgehead atoms. The van der Waals surface area contributed by atoms with E-state index in [1.165, 1.54) is 5.56 Å². The molecule has 1 aromatic rings. The highest BCUT2D eigenvalue weighted by atomic mass is 127. The Morgan fingerprint density at radius 3 is 2.71 bits per heavy atom. The number of aliphatic imine (C=N–C) groups is 1. The molecule has 136 valence electrons. The molecule has 0 spiro atoms. The van der Waals surface area contributed by atoms with E-state index in [0.717, 1.165) is 69.2 Å². The van der Waals surface area contributed by atoms with Crippen LogP contribution in [0.4, 0.5) is 0 Å². The molecule has 0 saturated carbocycles. The first-order chi connectivity index (χ1) is 11.3. The third-order valence-corrected chi connectivity index (χ3v) is 4.36. The van der Waals surface area contributed by atoms with Crippen molar-refractivity contribution in [2.45, 2.75) is 12.8 Å². The second-order valence-electron chi connectivity index (χ2n) is 5.61. The smallest absolute Gasteiger partial charge is 0.191 e. The normalized spacial score (nSPS) is 15.7. The lowest BCUT2D eigenvalue weighted by Crippen LogP contribution is -2.44. The maximum atomic E-state index is 5.36. The number of nitrogens with zero attached hydrogens (tertiary/aromatic N) is 2. The van der Waals surface area contributed by atoms with Crippen molar-refractivity contribution >= 4 is 45.9 Å². The lowest BCUT2D eigenvalue weighted by molar-refractivity contribution is 0.0389. The molecule has 1 aromatic carbocycles. The number of ether oxygens (including phenoxy) is 1. The molecule has 0 aromatic heterocycles. The number of aryl methyl sites for hydroxylation is 1. The third kappa shape index (κ3) is 8.64. The molecule has 2 N–H and O–H groups in total. The van der Waals surface area contributed by atoms with Crippen LogP contribution in [0.2, 0.25) is 0 Å². The standard InChI is InChI=1S/C17H27BrN4O.HI/c1-19-17(21-8-9-22-10-12-23-13-11-22)20-7-3-5-15-4-2-6-16(18)14-15;/h2,4,6,14H,3,5,7-13H2,1H3,(H2,19,20,21);1H. The van der Waals surface area contributed by atoms with E-state index < -0.39 is 0 Å². The summed E-state index contributed by atoms with van der Waals surface area (Å²) in [5.74, 6) is 0.882. The molecule has 1 fully saturated rings. The summed E-state index contributed by atoms with van der Waals surface area (Å²) in [5, 5.41) is 6.75. The second kappa shape index (κ2) is 12.9. The van der Waals surface area contributed by atoms with Crippen molar-refractivity contribution in [2.24, 2.45) is 4.99 Å². The van der Waals surface area contributed by atoms with Gasteiger partial charge in [0.1, 0.15) is 0 Å². The van der Waals surface area contributed by atoms with E-state index >= 15 is 0 Å². The number of hydrogen-bond donors (Lipinski definition) is 2. The minimum absolute atomic E-state index is 0. The number of benzene rings is 1. The van der Waals surface area contributed by atoms with Crippen LogP contribution in [0.15, 0.2) is 33.7 Å². The molecule has 0 atom stereocenters. The largest absolute Gasteiger partial charge is 0.379 e. The topological polar surface area (TPSA) is 48.9 Å². The van der Waals surface area contributed by atoms with Crippen LogP contribution >= 0.6 is 39.9 Å². The fourth-order valence-electron chi connectivity index (χ4n) is 2.57. The Hall–Kier alpha value is -0.380. The number of nitrogens with one attached hydrogen (secondary N) is 2. The highest BCUT2D eigenvalue weighted by Crippen LogP contribution is 2.12. The van der Waals surface area contributed by atoms with Gasteiger partial charge in [0.2, 0.25) is 0 Å². The van der Waals surface area contributed by atoms with E-state index in [4.69, 9.17) is 4.74 Å². The van der Waals surface area contributed by atoms with Gasteiger partial charge in [-0.15, -0.1) is 24.0 Å². The first-order valence-corrected chi connectivity index (χ1v) is 9.06. The van der Waals surface area contributed by atoms with Gasteiger partial charge in [0.25, 0.3) is 0 Å². The molecule has 0 radical (unpaired) electrons. The minimum atomic E-state index is 0. The summed E-state index contributed by atoms with van der Waals surface area (Å²) in [6, 6.07) is 8.48. The molecule has 1 heterocycles. The summed E-state index contributed by atoms with van der Waals surface area (Å²) >= 11 is 3.51. The van der Waals surface area contributed by atoms with Crippen LogP contribution in [0.3, 0.4) is 0 Å². The van der Waals surface area contributed by atoms with E-state index in [9.17, 15) is 0 Å². The molecule has 0 amide bonds. The highest BCUT2D eigenvalue weighted by Gasteiger charge is 2.09. The van der Waals surface area contributed by atoms with Crippen LogP contribution in [0.1, 0.15) is 12.0 Å². The molecule has 7 heteroatoms. The van der Waals surface area contributed by atoms with Gasteiger partial charge in [0, 0.05) is 44.2 Å². The Bertz CT molecular complexity index is 495. The lowest BCUT2D eigenvalue weighted by Gasteiger charge is -2.26. The molecule has 0 aliphatic carbocycles. The van der Waals surface area contributed by atoms with Crippen LogP contribution in [0, 0.1) is 0 Å². The van der Waals surface area contributed by atoms with Gasteiger partial charge < -0.3 is 15.4 Å². The zero-order valence-electron chi connectivity index (χ0n) is 14.3.